The number of rotatable bonds is 5. The van der Waals surface area contributed by atoms with E-state index in [4.69, 9.17) is 5.73 Å². The Hall–Kier alpha value is 0.170. The molecule has 1 saturated heterocycles. The number of sulfonamides is 1. The summed E-state index contributed by atoms with van der Waals surface area (Å²) in [5.41, 5.74) is 5.39. The first-order valence-electron chi connectivity index (χ1n) is 5.77. The van der Waals surface area contributed by atoms with Gasteiger partial charge in [-0.2, -0.15) is 16.1 Å². The Kier molecular flexibility index (Phi) is 5.48. The van der Waals surface area contributed by atoms with E-state index < -0.39 is 30.5 Å². The summed E-state index contributed by atoms with van der Waals surface area (Å²) < 4.78 is 49.6. The van der Waals surface area contributed by atoms with Gasteiger partial charge in [-0.15, -0.1) is 0 Å². The molecule has 0 aromatic rings. The van der Waals surface area contributed by atoms with Gasteiger partial charge in [0.1, 0.15) is 5.37 Å². The van der Waals surface area contributed by atoms with Crippen molar-refractivity contribution in [1.82, 2.24) is 4.31 Å². The van der Waals surface area contributed by atoms with E-state index in [-0.39, 0.29) is 18.8 Å². The maximum absolute atomic E-state index is 12.3. The summed E-state index contributed by atoms with van der Waals surface area (Å²) in [5, 5.41) is -1.70. The molecule has 0 spiro atoms. The van der Waals surface area contributed by atoms with E-state index in [1.807, 2.05) is 0 Å². The molecule has 0 amide bonds. The highest BCUT2D eigenvalue weighted by molar-refractivity contribution is 8.01. The number of hydrogen-bond donors (Lipinski definition) is 1. The van der Waals surface area contributed by atoms with Crippen molar-refractivity contribution in [2.24, 2.45) is 5.73 Å². The van der Waals surface area contributed by atoms with Crippen LogP contribution in [-0.2, 0) is 19.9 Å². The number of sulfone groups is 1. The minimum absolute atomic E-state index is 0.00906. The standard InChI is InChI=1S/C9H20N2O4S3/c1-3-17(12,13)9-7-16-5-4-11(9)18(14,15)8(2)6-10/h8-9H,3-7,10H2,1-2H3. The molecule has 108 valence electrons. The monoisotopic (exact) mass is 316 g/mol. The predicted octanol–water partition coefficient (Wildman–Crippen LogP) is -0.527. The Morgan fingerprint density at radius 3 is 2.50 bits per heavy atom. The summed E-state index contributed by atoms with van der Waals surface area (Å²) in [6.07, 6.45) is 0. The fourth-order valence-corrected chi connectivity index (χ4v) is 6.94. The van der Waals surface area contributed by atoms with Crippen molar-refractivity contribution >= 4 is 31.6 Å². The lowest BCUT2D eigenvalue weighted by Crippen LogP contribution is -2.53. The summed E-state index contributed by atoms with van der Waals surface area (Å²) in [6, 6.07) is 0. The highest BCUT2D eigenvalue weighted by Crippen LogP contribution is 2.25. The van der Waals surface area contributed by atoms with Gasteiger partial charge < -0.3 is 5.73 Å². The molecule has 6 nitrogen and oxygen atoms in total. The van der Waals surface area contributed by atoms with E-state index in [9.17, 15) is 16.8 Å². The van der Waals surface area contributed by atoms with Gasteiger partial charge in [-0.3, -0.25) is 0 Å². The molecule has 1 aliphatic heterocycles. The maximum Gasteiger partial charge on any atom is 0.219 e. The van der Waals surface area contributed by atoms with Crippen LogP contribution in [0, 0.1) is 0 Å². The average Bonchev–Trinajstić information content (AvgIpc) is 2.37. The third kappa shape index (κ3) is 3.19. The van der Waals surface area contributed by atoms with Crippen LogP contribution in [0.4, 0.5) is 0 Å². The third-order valence-electron chi connectivity index (χ3n) is 3.02. The Labute approximate surface area is 113 Å². The minimum Gasteiger partial charge on any atom is -0.329 e. The van der Waals surface area contributed by atoms with Crippen molar-refractivity contribution in [3.8, 4) is 0 Å². The van der Waals surface area contributed by atoms with Crippen molar-refractivity contribution in [3.63, 3.8) is 0 Å². The van der Waals surface area contributed by atoms with Crippen molar-refractivity contribution in [2.45, 2.75) is 24.5 Å². The lowest BCUT2D eigenvalue weighted by atomic mass is 10.5. The quantitative estimate of drug-likeness (QED) is 0.732. The molecule has 18 heavy (non-hydrogen) atoms. The lowest BCUT2D eigenvalue weighted by Gasteiger charge is -2.35. The Balaban J connectivity index is 3.12. The topological polar surface area (TPSA) is 97.5 Å². The van der Waals surface area contributed by atoms with Crippen LogP contribution in [0.5, 0.6) is 0 Å². The summed E-state index contributed by atoms with van der Waals surface area (Å²) in [5.74, 6) is 0.861. The van der Waals surface area contributed by atoms with Crippen LogP contribution in [0.15, 0.2) is 0 Å². The highest BCUT2D eigenvalue weighted by Gasteiger charge is 2.41. The average molecular weight is 316 g/mol. The number of nitrogens with zero attached hydrogens (tertiary/aromatic N) is 1. The molecule has 0 bridgehead atoms. The molecule has 2 N–H and O–H groups in total. The number of hydrogen-bond acceptors (Lipinski definition) is 6. The Morgan fingerprint density at radius 1 is 1.39 bits per heavy atom. The van der Waals surface area contributed by atoms with Crippen molar-refractivity contribution < 1.29 is 16.8 Å². The van der Waals surface area contributed by atoms with E-state index in [1.54, 1.807) is 0 Å². The zero-order valence-electron chi connectivity index (χ0n) is 10.6. The largest absolute Gasteiger partial charge is 0.329 e. The van der Waals surface area contributed by atoms with Crippen molar-refractivity contribution in [3.05, 3.63) is 0 Å². The van der Waals surface area contributed by atoms with Crippen LogP contribution >= 0.6 is 11.8 Å². The van der Waals surface area contributed by atoms with Crippen LogP contribution in [0.3, 0.4) is 0 Å². The molecule has 2 unspecified atom stereocenters. The van der Waals surface area contributed by atoms with Gasteiger partial charge in [0.2, 0.25) is 10.0 Å². The summed E-state index contributed by atoms with van der Waals surface area (Å²) in [6.45, 7) is 3.27. The Morgan fingerprint density at radius 2 is 2.00 bits per heavy atom. The molecule has 0 aromatic heterocycles. The molecular formula is C9H20N2O4S3. The SMILES string of the molecule is CCS(=O)(=O)C1CSCCN1S(=O)(=O)C(C)CN. The van der Waals surface area contributed by atoms with E-state index in [0.717, 1.165) is 4.31 Å². The molecule has 0 aromatic carbocycles. The fourth-order valence-electron chi connectivity index (χ4n) is 1.68. The molecule has 0 saturated carbocycles. The van der Waals surface area contributed by atoms with Gasteiger partial charge in [0.25, 0.3) is 0 Å². The van der Waals surface area contributed by atoms with Crippen LogP contribution in [-0.4, -0.2) is 62.1 Å². The van der Waals surface area contributed by atoms with Crippen LogP contribution < -0.4 is 5.73 Å². The van der Waals surface area contributed by atoms with Gasteiger partial charge in [0.15, 0.2) is 9.84 Å². The zero-order chi connectivity index (χ0) is 14.0. The first-order chi connectivity index (χ1) is 8.27. The normalized spacial score (nSPS) is 24.9. The second-order valence-corrected chi connectivity index (χ2v) is 10.1. The maximum atomic E-state index is 12.3. The van der Waals surface area contributed by atoms with E-state index in [1.165, 1.54) is 25.6 Å². The summed E-state index contributed by atoms with van der Waals surface area (Å²) in [4.78, 5) is 0. The summed E-state index contributed by atoms with van der Waals surface area (Å²) in [7, 11) is -7.05. The Bertz CT molecular complexity index is 474. The van der Waals surface area contributed by atoms with Crippen molar-refractivity contribution in [2.75, 3.05) is 30.3 Å². The molecule has 0 radical (unpaired) electrons. The van der Waals surface area contributed by atoms with Crippen LogP contribution in [0.2, 0.25) is 0 Å². The van der Waals surface area contributed by atoms with Gasteiger partial charge in [-0.25, -0.2) is 16.8 Å². The van der Waals surface area contributed by atoms with E-state index >= 15 is 0 Å². The zero-order valence-corrected chi connectivity index (χ0v) is 13.0. The molecule has 1 rings (SSSR count). The fraction of sp³-hybridized carbons (Fsp3) is 1.00. The molecule has 0 aliphatic carbocycles. The van der Waals surface area contributed by atoms with E-state index in [0.29, 0.717) is 11.5 Å². The van der Waals surface area contributed by atoms with Gasteiger partial charge in [-0.1, -0.05) is 6.92 Å². The molecule has 2 atom stereocenters. The first-order valence-corrected chi connectivity index (χ1v) is 10.1. The van der Waals surface area contributed by atoms with Gasteiger partial charge in [0.05, 0.1) is 5.25 Å². The van der Waals surface area contributed by atoms with Gasteiger partial charge in [-0.05, 0) is 6.92 Å². The molecule has 9 heteroatoms. The molecule has 1 aliphatic rings. The number of thioether (sulfide) groups is 1. The molecular weight excluding hydrogens is 296 g/mol. The number of nitrogens with two attached hydrogens (primary N) is 1. The lowest BCUT2D eigenvalue weighted by molar-refractivity contribution is 0.398. The minimum atomic E-state index is -3.64. The van der Waals surface area contributed by atoms with Crippen LogP contribution in [0.1, 0.15) is 13.8 Å². The first kappa shape index (κ1) is 16.2. The second-order valence-electron chi connectivity index (χ2n) is 4.18. The second kappa shape index (κ2) is 6.08. The smallest absolute Gasteiger partial charge is 0.219 e. The van der Waals surface area contributed by atoms with Crippen molar-refractivity contribution in [1.29, 1.82) is 0 Å². The van der Waals surface area contributed by atoms with Gasteiger partial charge in [0, 0.05) is 30.3 Å². The molecule has 1 heterocycles. The third-order valence-corrected chi connectivity index (χ3v) is 8.74. The highest BCUT2D eigenvalue weighted by atomic mass is 32.2. The molecule has 1 fully saturated rings. The van der Waals surface area contributed by atoms with Crippen LogP contribution in [0.25, 0.3) is 0 Å². The van der Waals surface area contributed by atoms with E-state index in [2.05, 4.69) is 0 Å². The van der Waals surface area contributed by atoms with Gasteiger partial charge >= 0.3 is 0 Å². The predicted molar refractivity (Wildman–Crippen MR) is 74.7 cm³/mol. The summed E-state index contributed by atoms with van der Waals surface area (Å²) >= 11 is 1.47.